The fourth-order valence-electron chi connectivity index (χ4n) is 1.92. The van der Waals surface area contributed by atoms with Gasteiger partial charge in [-0.25, -0.2) is 14.6 Å². The number of hydrogen-bond acceptors (Lipinski definition) is 6. The second-order valence-electron chi connectivity index (χ2n) is 4.17. The number of rotatable bonds is 4. The quantitative estimate of drug-likeness (QED) is 0.869. The topological polar surface area (TPSA) is 85.7 Å². The van der Waals surface area contributed by atoms with E-state index in [4.69, 9.17) is 9.47 Å². The minimum absolute atomic E-state index is 0.0473. The Labute approximate surface area is 121 Å². The summed E-state index contributed by atoms with van der Waals surface area (Å²) in [5.41, 5.74) is 0.279. The zero-order valence-corrected chi connectivity index (χ0v) is 11.8. The van der Waals surface area contributed by atoms with Crippen molar-refractivity contribution in [3.8, 4) is 5.75 Å². The van der Waals surface area contributed by atoms with Crippen molar-refractivity contribution in [2.45, 2.75) is 13.8 Å². The molecule has 0 bridgehead atoms. The van der Waals surface area contributed by atoms with Gasteiger partial charge in [0.1, 0.15) is 17.0 Å². The van der Waals surface area contributed by atoms with E-state index in [1.807, 2.05) is 0 Å². The van der Waals surface area contributed by atoms with Crippen LogP contribution in [0.25, 0.3) is 10.9 Å². The van der Waals surface area contributed by atoms with Gasteiger partial charge < -0.3 is 14.6 Å². The lowest BCUT2D eigenvalue weighted by atomic mass is 10.1. The Balaban J connectivity index is 2.66. The molecular weight excluding hydrogens is 274 g/mol. The first kappa shape index (κ1) is 14.8. The Morgan fingerprint density at radius 2 is 1.81 bits per heavy atom. The molecule has 110 valence electrons. The van der Waals surface area contributed by atoms with Gasteiger partial charge in [0.25, 0.3) is 0 Å². The number of aromatic nitrogens is 1. The van der Waals surface area contributed by atoms with Crippen molar-refractivity contribution in [1.29, 1.82) is 0 Å². The number of para-hydroxylation sites is 1. The van der Waals surface area contributed by atoms with Crippen molar-refractivity contribution in [1.82, 2.24) is 4.98 Å². The molecule has 21 heavy (non-hydrogen) atoms. The second kappa shape index (κ2) is 6.21. The van der Waals surface area contributed by atoms with E-state index >= 15 is 0 Å². The summed E-state index contributed by atoms with van der Waals surface area (Å²) < 4.78 is 9.85. The molecule has 0 radical (unpaired) electrons. The van der Waals surface area contributed by atoms with E-state index in [1.54, 1.807) is 26.0 Å². The number of phenolic OH excluding ortho intramolecular Hbond substituents is 1. The number of phenols is 1. The van der Waals surface area contributed by atoms with Crippen molar-refractivity contribution < 1.29 is 24.2 Å². The first-order valence-electron chi connectivity index (χ1n) is 6.55. The van der Waals surface area contributed by atoms with Gasteiger partial charge in [-0.3, -0.25) is 0 Å². The molecule has 0 aliphatic carbocycles. The maximum atomic E-state index is 12.0. The molecule has 0 aliphatic heterocycles. The van der Waals surface area contributed by atoms with Crippen LogP contribution in [0.1, 0.15) is 34.7 Å². The summed E-state index contributed by atoms with van der Waals surface area (Å²) in [5, 5.41) is 10.3. The molecule has 0 atom stereocenters. The standard InChI is InChI=1S/C15H15NO5/c1-3-20-14(18)10-8-11(15(19)21-4-2)16-13-9(10)6-5-7-12(13)17/h5-8,17H,3-4H2,1-2H3. The third kappa shape index (κ3) is 2.94. The first-order chi connectivity index (χ1) is 10.1. The number of ether oxygens (including phenoxy) is 2. The van der Waals surface area contributed by atoms with E-state index in [0.29, 0.717) is 5.39 Å². The van der Waals surface area contributed by atoms with E-state index in [-0.39, 0.29) is 35.7 Å². The maximum absolute atomic E-state index is 12.0. The van der Waals surface area contributed by atoms with E-state index in [1.165, 1.54) is 12.1 Å². The third-order valence-corrected chi connectivity index (χ3v) is 2.80. The van der Waals surface area contributed by atoms with Gasteiger partial charge in [0.2, 0.25) is 0 Å². The lowest BCUT2D eigenvalue weighted by Gasteiger charge is -2.09. The molecular formula is C15H15NO5. The van der Waals surface area contributed by atoms with Gasteiger partial charge in [0.05, 0.1) is 18.8 Å². The van der Waals surface area contributed by atoms with Crippen molar-refractivity contribution in [2.24, 2.45) is 0 Å². The number of pyridine rings is 1. The monoisotopic (exact) mass is 289 g/mol. The highest BCUT2D eigenvalue weighted by Crippen LogP contribution is 2.26. The van der Waals surface area contributed by atoms with Crippen LogP contribution < -0.4 is 0 Å². The summed E-state index contributed by atoms with van der Waals surface area (Å²) in [7, 11) is 0. The number of esters is 2. The molecule has 2 rings (SSSR count). The number of nitrogens with zero attached hydrogens (tertiary/aromatic N) is 1. The summed E-state index contributed by atoms with van der Waals surface area (Å²) >= 11 is 0. The van der Waals surface area contributed by atoms with Gasteiger partial charge in [-0.15, -0.1) is 0 Å². The molecule has 0 unspecified atom stereocenters. The van der Waals surface area contributed by atoms with Crippen LogP contribution in [0, 0.1) is 0 Å². The Morgan fingerprint density at radius 1 is 1.14 bits per heavy atom. The zero-order valence-electron chi connectivity index (χ0n) is 11.8. The van der Waals surface area contributed by atoms with Crippen LogP contribution in [0.3, 0.4) is 0 Å². The zero-order chi connectivity index (χ0) is 15.4. The molecule has 1 N–H and O–H groups in total. The smallest absolute Gasteiger partial charge is 0.356 e. The molecule has 0 fully saturated rings. The highest BCUT2D eigenvalue weighted by molar-refractivity contribution is 6.07. The van der Waals surface area contributed by atoms with Gasteiger partial charge in [0, 0.05) is 5.39 Å². The van der Waals surface area contributed by atoms with E-state index in [2.05, 4.69) is 4.98 Å². The molecule has 1 aromatic carbocycles. The lowest BCUT2D eigenvalue weighted by molar-refractivity contribution is 0.0519. The predicted octanol–water partition coefficient (Wildman–Crippen LogP) is 2.29. The number of hydrogen-bond donors (Lipinski definition) is 1. The molecule has 0 amide bonds. The molecule has 6 heteroatoms. The lowest BCUT2D eigenvalue weighted by Crippen LogP contribution is -2.12. The molecule has 1 heterocycles. The van der Waals surface area contributed by atoms with Crippen molar-refractivity contribution in [3.63, 3.8) is 0 Å². The fourth-order valence-corrected chi connectivity index (χ4v) is 1.92. The van der Waals surface area contributed by atoms with Gasteiger partial charge >= 0.3 is 11.9 Å². The molecule has 0 saturated carbocycles. The first-order valence-corrected chi connectivity index (χ1v) is 6.55. The number of fused-ring (bicyclic) bond motifs is 1. The van der Waals surface area contributed by atoms with Crippen LogP contribution in [0.5, 0.6) is 5.75 Å². The van der Waals surface area contributed by atoms with Crippen molar-refractivity contribution >= 4 is 22.8 Å². The summed E-state index contributed by atoms with van der Waals surface area (Å²) in [6.07, 6.45) is 0. The molecule has 1 aromatic heterocycles. The summed E-state index contributed by atoms with van der Waals surface area (Å²) in [5.74, 6) is -1.36. The van der Waals surface area contributed by atoms with Crippen molar-refractivity contribution in [2.75, 3.05) is 13.2 Å². The Morgan fingerprint density at radius 3 is 2.48 bits per heavy atom. The van der Waals surface area contributed by atoms with Gasteiger partial charge in [-0.2, -0.15) is 0 Å². The van der Waals surface area contributed by atoms with Crippen LogP contribution in [-0.4, -0.2) is 35.2 Å². The highest BCUT2D eigenvalue weighted by Gasteiger charge is 2.19. The molecule has 0 saturated heterocycles. The largest absolute Gasteiger partial charge is 0.506 e. The molecule has 0 aliphatic rings. The minimum atomic E-state index is -0.659. The SMILES string of the molecule is CCOC(=O)c1cc(C(=O)OCC)c2cccc(O)c2n1. The maximum Gasteiger partial charge on any atom is 0.356 e. The molecule has 2 aromatic rings. The van der Waals surface area contributed by atoms with E-state index in [9.17, 15) is 14.7 Å². The van der Waals surface area contributed by atoms with Crippen molar-refractivity contribution in [3.05, 3.63) is 35.5 Å². The Kier molecular flexibility index (Phi) is 4.37. The van der Waals surface area contributed by atoms with Gasteiger partial charge in [-0.05, 0) is 26.0 Å². The van der Waals surface area contributed by atoms with Crippen LogP contribution in [-0.2, 0) is 9.47 Å². The van der Waals surface area contributed by atoms with Gasteiger partial charge in [-0.1, -0.05) is 12.1 Å². The third-order valence-electron chi connectivity index (χ3n) is 2.80. The number of carbonyl (C=O) groups excluding carboxylic acids is 2. The Bertz CT molecular complexity index is 696. The minimum Gasteiger partial charge on any atom is -0.506 e. The van der Waals surface area contributed by atoms with Gasteiger partial charge in [0.15, 0.2) is 0 Å². The number of benzene rings is 1. The highest BCUT2D eigenvalue weighted by atomic mass is 16.5. The summed E-state index contributed by atoms with van der Waals surface area (Å²) in [6, 6.07) is 5.96. The van der Waals surface area contributed by atoms with Crippen LogP contribution in [0.15, 0.2) is 24.3 Å². The average Bonchev–Trinajstić information content (AvgIpc) is 2.47. The average molecular weight is 289 g/mol. The second-order valence-corrected chi connectivity index (χ2v) is 4.17. The van der Waals surface area contributed by atoms with Crippen LogP contribution in [0.2, 0.25) is 0 Å². The predicted molar refractivity (Wildman–Crippen MR) is 75.3 cm³/mol. The van der Waals surface area contributed by atoms with Crippen LogP contribution in [0.4, 0.5) is 0 Å². The van der Waals surface area contributed by atoms with E-state index in [0.717, 1.165) is 0 Å². The van der Waals surface area contributed by atoms with Crippen LogP contribution >= 0.6 is 0 Å². The summed E-state index contributed by atoms with van der Waals surface area (Å²) in [6.45, 7) is 3.75. The molecule has 0 spiro atoms. The number of carbonyl (C=O) groups is 2. The van der Waals surface area contributed by atoms with E-state index < -0.39 is 11.9 Å². The molecule has 6 nitrogen and oxygen atoms in total. The summed E-state index contributed by atoms with van der Waals surface area (Å²) in [4.78, 5) is 27.9. The Hall–Kier alpha value is -2.63. The normalized spacial score (nSPS) is 10.4. The fraction of sp³-hybridized carbons (Fsp3) is 0.267. The number of aromatic hydroxyl groups is 1.